The smallest absolute Gasteiger partial charge is 0.261 e. The van der Waals surface area contributed by atoms with Crippen molar-refractivity contribution in [3.05, 3.63) is 142 Å². The molecule has 4 heterocycles. The van der Waals surface area contributed by atoms with Crippen LogP contribution in [0.1, 0.15) is 27.8 Å². The Hall–Kier alpha value is -5.74. The summed E-state index contributed by atoms with van der Waals surface area (Å²) in [5.41, 5.74) is 7.39. The lowest BCUT2D eigenvalue weighted by Gasteiger charge is -2.12. The summed E-state index contributed by atoms with van der Waals surface area (Å²) in [5.74, 6) is 1.00. The van der Waals surface area contributed by atoms with Crippen molar-refractivity contribution in [3.63, 3.8) is 0 Å². The van der Waals surface area contributed by atoms with Gasteiger partial charge in [-0.25, -0.2) is 4.98 Å². The fraction of sp³-hybridized carbons (Fsp3) is 0.211. The molecule has 1 atom stereocenters. The molecular weight excluding hydrogens is 600 g/mol. The number of rotatable bonds is 13. The first kappa shape index (κ1) is 32.2. The Balaban J connectivity index is 1.29. The highest BCUT2D eigenvalue weighted by Crippen LogP contribution is 2.28. The summed E-state index contributed by atoms with van der Waals surface area (Å²) in [4.78, 5) is 42.1. The van der Waals surface area contributed by atoms with Gasteiger partial charge >= 0.3 is 0 Å². The third-order valence-corrected chi connectivity index (χ3v) is 8.10. The van der Waals surface area contributed by atoms with Crippen LogP contribution in [-0.4, -0.2) is 61.8 Å². The Bertz CT molecular complexity index is 2060. The zero-order valence-electron chi connectivity index (χ0n) is 26.8. The lowest BCUT2D eigenvalue weighted by Crippen LogP contribution is -2.27. The molecule has 48 heavy (non-hydrogen) atoms. The van der Waals surface area contributed by atoms with Crippen LogP contribution in [0.15, 0.2) is 119 Å². The van der Waals surface area contributed by atoms with Gasteiger partial charge in [0.15, 0.2) is 0 Å². The van der Waals surface area contributed by atoms with Crippen LogP contribution >= 0.6 is 0 Å². The maximum atomic E-state index is 13.2. The second kappa shape index (κ2) is 15.7. The average Bonchev–Trinajstić information content (AvgIpc) is 3.55. The number of nitrogens with one attached hydrogen (secondary N) is 3. The van der Waals surface area contributed by atoms with Crippen molar-refractivity contribution in [2.24, 2.45) is 15.9 Å². The van der Waals surface area contributed by atoms with E-state index in [9.17, 15) is 9.90 Å². The minimum absolute atomic E-state index is 0.0629. The number of nitrogens with zero attached hydrogens (tertiary/aromatic N) is 5. The van der Waals surface area contributed by atoms with E-state index in [1.807, 2.05) is 67.6 Å². The molecule has 4 aromatic heterocycles. The lowest BCUT2D eigenvalue weighted by molar-refractivity contribution is 0.263. The van der Waals surface area contributed by atoms with Gasteiger partial charge in [-0.2, -0.15) is 0 Å². The van der Waals surface area contributed by atoms with Crippen molar-refractivity contribution >= 4 is 28.8 Å². The van der Waals surface area contributed by atoms with E-state index in [1.165, 1.54) is 11.1 Å². The number of aliphatic hydroxyl groups excluding tert-OH is 1. The number of aliphatic hydroxyl groups is 1. The van der Waals surface area contributed by atoms with Gasteiger partial charge in [0.1, 0.15) is 17.2 Å². The number of H-pyrrole nitrogens is 2. The number of hydrogen-bond donors (Lipinski definition) is 4. The van der Waals surface area contributed by atoms with Gasteiger partial charge in [-0.15, -0.1) is 0 Å². The van der Waals surface area contributed by atoms with Gasteiger partial charge in [-0.05, 0) is 90.9 Å². The Morgan fingerprint density at radius 3 is 2.40 bits per heavy atom. The predicted octanol–water partition coefficient (Wildman–Crippen LogP) is 5.39. The first-order chi connectivity index (χ1) is 23.6. The predicted molar refractivity (Wildman–Crippen MR) is 191 cm³/mol. The number of hydrogen-bond acceptors (Lipinski definition) is 7. The third-order valence-electron chi connectivity index (χ3n) is 8.10. The van der Waals surface area contributed by atoms with E-state index in [2.05, 4.69) is 36.3 Å². The molecule has 2 aromatic carbocycles. The first-order valence-electron chi connectivity index (χ1n) is 16.1. The summed E-state index contributed by atoms with van der Waals surface area (Å²) in [6.07, 6.45) is 12.7. The van der Waals surface area contributed by atoms with Crippen molar-refractivity contribution in [1.82, 2.24) is 30.2 Å². The highest BCUT2D eigenvalue weighted by molar-refractivity contribution is 6.02. The number of imidazole rings is 1. The molecule has 0 saturated heterocycles. The molecular formula is C38H38N8O2. The minimum atomic E-state index is -0.304. The SMILES string of the molecule is Cc1cc(C(=NCCc2ccncc2)NCCc2ccncc2)cc2[nH]c(-c3c(N=CC(CO)Cc4ccccc4)cc[nH]c3=O)nc12. The van der Waals surface area contributed by atoms with Gasteiger partial charge in [-0.3, -0.25) is 24.7 Å². The fourth-order valence-corrected chi connectivity index (χ4v) is 5.59. The van der Waals surface area contributed by atoms with E-state index < -0.39 is 0 Å². The van der Waals surface area contributed by atoms with Crippen molar-refractivity contribution in [2.45, 2.75) is 26.2 Å². The Morgan fingerprint density at radius 2 is 1.67 bits per heavy atom. The van der Waals surface area contributed by atoms with Crippen LogP contribution in [0.2, 0.25) is 0 Å². The van der Waals surface area contributed by atoms with Gasteiger partial charge in [0.25, 0.3) is 5.56 Å². The Labute approximate surface area is 278 Å². The molecule has 0 spiro atoms. The quantitative estimate of drug-likeness (QED) is 0.0986. The molecule has 0 fully saturated rings. The highest BCUT2D eigenvalue weighted by atomic mass is 16.3. The Kier molecular flexibility index (Phi) is 10.5. The van der Waals surface area contributed by atoms with E-state index in [0.29, 0.717) is 36.6 Å². The summed E-state index contributed by atoms with van der Waals surface area (Å²) >= 11 is 0. The largest absolute Gasteiger partial charge is 0.396 e. The van der Waals surface area contributed by atoms with E-state index >= 15 is 0 Å². The van der Waals surface area contributed by atoms with Gasteiger partial charge in [0, 0.05) is 61.8 Å². The molecule has 0 aliphatic rings. The van der Waals surface area contributed by atoms with E-state index in [0.717, 1.165) is 46.4 Å². The van der Waals surface area contributed by atoms with Gasteiger partial charge in [-0.1, -0.05) is 30.3 Å². The number of amidine groups is 1. The summed E-state index contributed by atoms with van der Waals surface area (Å²) < 4.78 is 0. The molecule has 0 saturated carbocycles. The molecule has 1 unspecified atom stereocenters. The first-order valence-corrected chi connectivity index (χ1v) is 16.1. The fourth-order valence-electron chi connectivity index (χ4n) is 5.59. The zero-order chi connectivity index (χ0) is 33.1. The Morgan fingerprint density at radius 1 is 0.938 bits per heavy atom. The van der Waals surface area contributed by atoms with Gasteiger partial charge < -0.3 is 20.4 Å². The number of pyridine rings is 3. The molecule has 0 bridgehead atoms. The van der Waals surface area contributed by atoms with Crippen molar-refractivity contribution in [1.29, 1.82) is 0 Å². The molecule has 0 amide bonds. The van der Waals surface area contributed by atoms with Gasteiger partial charge in [0.2, 0.25) is 0 Å². The van der Waals surface area contributed by atoms with Crippen molar-refractivity contribution in [3.8, 4) is 11.4 Å². The van der Waals surface area contributed by atoms with E-state index in [4.69, 9.17) is 9.98 Å². The van der Waals surface area contributed by atoms with Crippen LogP contribution in [0.4, 0.5) is 5.69 Å². The van der Waals surface area contributed by atoms with Crippen LogP contribution in [0.5, 0.6) is 0 Å². The van der Waals surface area contributed by atoms with E-state index in [1.54, 1.807) is 43.3 Å². The van der Waals surface area contributed by atoms with Crippen LogP contribution in [0.3, 0.4) is 0 Å². The van der Waals surface area contributed by atoms with E-state index in [-0.39, 0.29) is 18.1 Å². The third kappa shape index (κ3) is 8.15. The minimum Gasteiger partial charge on any atom is -0.396 e. The zero-order valence-corrected chi connectivity index (χ0v) is 26.8. The number of fused-ring (bicyclic) bond motifs is 1. The number of aromatic amines is 2. The summed E-state index contributed by atoms with van der Waals surface area (Å²) in [5, 5.41) is 13.6. The van der Waals surface area contributed by atoms with Crippen molar-refractivity contribution in [2.75, 3.05) is 19.7 Å². The molecule has 242 valence electrons. The average molecular weight is 639 g/mol. The van der Waals surface area contributed by atoms with Crippen LogP contribution in [-0.2, 0) is 19.3 Å². The number of aryl methyl sites for hydroxylation is 1. The highest BCUT2D eigenvalue weighted by Gasteiger charge is 2.17. The molecule has 10 heteroatoms. The molecule has 6 aromatic rings. The second-order valence-corrected chi connectivity index (χ2v) is 11.6. The second-order valence-electron chi connectivity index (χ2n) is 11.6. The molecule has 0 radical (unpaired) electrons. The number of benzene rings is 2. The maximum Gasteiger partial charge on any atom is 0.261 e. The standard InChI is InChI=1S/C38H38N8O2/c1-26-21-31(36(41-18-11-27-7-14-39-15-8-27)42-19-12-28-9-16-40-17-10-28)23-33-35(26)46-37(45-33)34-32(13-20-43-38(34)48)44-24-30(25-47)22-29-5-3-2-4-6-29/h2-10,13-17,20-21,23-24,30,47H,11-12,18-19,22,25H2,1H3,(H,41,42)(H,43,48)(H,45,46). The number of aliphatic imine (C=N–C) groups is 2. The van der Waals surface area contributed by atoms with Crippen LogP contribution in [0.25, 0.3) is 22.4 Å². The summed E-state index contributed by atoms with van der Waals surface area (Å²) in [6, 6.07) is 23.8. The normalized spacial score (nSPS) is 12.5. The van der Waals surface area contributed by atoms with Crippen LogP contribution < -0.4 is 10.9 Å². The van der Waals surface area contributed by atoms with Crippen molar-refractivity contribution < 1.29 is 5.11 Å². The molecule has 4 N–H and O–H groups in total. The number of aromatic nitrogens is 5. The summed E-state index contributed by atoms with van der Waals surface area (Å²) in [6.45, 7) is 3.24. The maximum absolute atomic E-state index is 13.2. The molecule has 0 aliphatic carbocycles. The van der Waals surface area contributed by atoms with Gasteiger partial charge in [0.05, 0.1) is 23.3 Å². The molecule has 0 aliphatic heterocycles. The summed E-state index contributed by atoms with van der Waals surface area (Å²) in [7, 11) is 0. The topological polar surface area (TPSA) is 144 Å². The monoisotopic (exact) mass is 638 g/mol. The van der Waals surface area contributed by atoms with Crippen LogP contribution in [0, 0.1) is 12.8 Å². The lowest BCUT2D eigenvalue weighted by atomic mass is 10.0. The molecule has 10 nitrogen and oxygen atoms in total. The molecule has 6 rings (SSSR count).